The van der Waals surface area contributed by atoms with Gasteiger partial charge in [-0.2, -0.15) is 0 Å². The normalized spacial score (nSPS) is 15.5. The molecule has 1 saturated carbocycles. The van der Waals surface area contributed by atoms with Gasteiger partial charge in [-0.3, -0.25) is 4.79 Å². The van der Waals surface area contributed by atoms with Crippen LogP contribution in [0.4, 0.5) is 18.9 Å². The average molecular weight is 299 g/mol. The van der Waals surface area contributed by atoms with E-state index in [0.29, 0.717) is 5.69 Å². The Balaban J connectivity index is 1.92. The number of amides is 1. The Bertz CT molecular complexity index is 513. The number of ether oxygens (including phenoxy) is 1. The number of nitrogens with one attached hydrogen (secondary N) is 1. The van der Waals surface area contributed by atoms with Crippen LogP contribution < -0.4 is 10.1 Å². The molecule has 1 aromatic carbocycles. The van der Waals surface area contributed by atoms with E-state index < -0.39 is 6.36 Å². The molecule has 3 nitrogen and oxygen atoms in total. The number of anilines is 1. The summed E-state index contributed by atoms with van der Waals surface area (Å²) < 4.78 is 39.8. The molecule has 0 radical (unpaired) electrons. The van der Waals surface area contributed by atoms with Crippen molar-refractivity contribution < 1.29 is 22.7 Å². The summed E-state index contributed by atoms with van der Waals surface area (Å²) in [5, 5.41) is 2.63. The first-order valence-electron chi connectivity index (χ1n) is 6.79. The highest BCUT2D eigenvalue weighted by molar-refractivity contribution is 5.99. The van der Waals surface area contributed by atoms with Crippen molar-refractivity contribution in [2.45, 2.75) is 38.5 Å². The van der Waals surface area contributed by atoms with Crippen molar-refractivity contribution in [2.75, 3.05) is 5.32 Å². The third kappa shape index (κ3) is 5.49. The minimum absolute atomic E-state index is 0.253. The van der Waals surface area contributed by atoms with Crippen LogP contribution in [0.25, 0.3) is 0 Å². The Morgan fingerprint density at radius 1 is 1.10 bits per heavy atom. The van der Waals surface area contributed by atoms with Gasteiger partial charge < -0.3 is 10.1 Å². The van der Waals surface area contributed by atoms with Gasteiger partial charge in [0, 0.05) is 11.8 Å². The number of rotatable bonds is 3. The highest BCUT2D eigenvalue weighted by Crippen LogP contribution is 2.25. The van der Waals surface area contributed by atoms with E-state index in [1.807, 2.05) is 0 Å². The van der Waals surface area contributed by atoms with Gasteiger partial charge in [0.1, 0.15) is 5.75 Å². The largest absolute Gasteiger partial charge is 0.573 e. The van der Waals surface area contributed by atoms with Gasteiger partial charge in [0.05, 0.1) is 0 Å². The molecule has 0 unspecified atom stereocenters. The number of alkyl halides is 3. The standard InChI is InChI=1S/C15H16F3NO2/c16-15(17,18)21-13-8-6-12(7-9-13)19-14(20)10-11-4-2-1-3-5-11/h6-10H,1-5H2,(H,19,20). The van der Waals surface area contributed by atoms with E-state index in [9.17, 15) is 18.0 Å². The number of carbonyl (C=O) groups is 1. The number of carbonyl (C=O) groups excluding carboxylic acids is 1. The Morgan fingerprint density at radius 3 is 2.29 bits per heavy atom. The van der Waals surface area contributed by atoms with Gasteiger partial charge in [-0.15, -0.1) is 13.2 Å². The Morgan fingerprint density at radius 2 is 1.71 bits per heavy atom. The van der Waals surface area contributed by atoms with Gasteiger partial charge in [0.2, 0.25) is 5.91 Å². The van der Waals surface area contributed by atoms with Gasteiger partial charge in [-0.25, -0.2) is 0 Å². The molecule has 1 aliphatic rings. The minimum Gasteiger partial charge on any atom is -0.406 e. The molecule has 0 saturated heterocycles. The molecular weight excluding hydrogens is 283 g/mol. The zero-order valence-electron chi connectivity index (χ0n) is 11.4. The van der Waals surface area contributed by atoms with E-state index in [1.165, 1.54) is 18.6 Å². The lowest BCUT2D eigenvalue weighted by Gasteiger charge is -2.13. The Labute approximate surface area is 120 Å². The van der Waals surface area contributed by atoms with Crippen LogP contribution in [-0.4, -0.2) is 12.3 Å². The fraction of sp³-hybridized carbons (Fsp3) is 0.400. The fourth-order valence-corrected chi connectivity index (χ4v) is 2.25. The van der Waals surface area contributed by atoms with Crippen LogP contribution >= 0.6 is 0 Å². The predicted molar refractivity (Wildman–Crippen MR) is 72.9 cm³/mol. The van der Waals surface area contributed by atoms with Crippen LogP contribution in [-0.2, 0) is 4.79 Å². The third-order valence-corrected chi connectivity index (χ3v) is 3.19. The number of allylic oxidation sites excluding steroid dienone is 1. The SMILES string of the molecule is O=C(C=C1CCCCC1)Nc1ccc(OC(F)(F)F)cc1. The summed E-state index contributed by atoms with van der Waals surface area (Å²) in [4.78, 5) is 11.8. The van der Waals surface area contributed by atoms with Crippen LogP contribution in [0, 0.1) is 0 Å². The van der Waals surface area contributed by atoms with Crippen molar-refractivity contribution in [1.82, 2.24) is 0 Å². The maximum absolute atomic E-state index is 12.0. The lowest BCUT2D eigenvalue weighted by molar-refractivity contribution is -0.274. The van der Waals surface area contributed by atoms with E-state index in [2.05, 4.69) is 10.1 Å². The van der Waals surface area contributed by atoms with E-state index in [4.69, 9.17) is 0 Å². The first kappa shape index (κ1) is 15.4. The molecule has 0 heterocycles. The quantitative estimate of drug-likeness (QED) is 0.839. The predicted octanol–water partition coefficient (Wildman–Crippen LogP) is 4.41. The van der Waals surface area contributed by atoms with Gasteiger partial charge in [0.25, 0.3) is 0 Å². The van der Waals surface area contributed by atoms with Crippen molar-refractivity contribution in [3.63, 3.8) is 0 Å². The molecule has 1 N–H and O–H groups in total. The molecule has 1 aliphatic carbocycles. The lowest BCUT2D eigenvalue weighted by atomic mass is 9.94. The summed E-state index contributed by atoms with van der Waals surface area (Å²) in [5.74, 6) is -0.567. The van der Waals surface area contributed by atoms with Crippen molar-refractivity contribution in [1.29, 1.82) is 0 Å². The van der Waals surface area contributed by atoms with Gasteiger partial charge in [-0.1, -0.05) is 12.0 Å². The number of halogens is 3. The average Bonchev–Trinajstić information content (AvgIpc) is 2.40. The molecule has 114 valence electrons. The molecule has 2 rings (SSSR count). The van der Waals surface area contributed by atoms with E-state index in [0.717, 1.165) is 43.4 Å². The fourth-order valence-electron chi connectivity index (χ4n) is 2.25. The molecule has 1 amide bonds. The van der Waals surface area contributed by atoms with Crippen molar-refractivity contribution >= 4 is 11.6 Å². The Hall–Kier alpha value is -1.98. The molecular formula is C15H16F3NO2. The molecule has 6 heteroatoms. The number of hydrogen-bond donors (Lipinski definition) is 1. The van der Waals surface area contributed by atoms with E-state index >= 15 is 0 Å². The first-order valence-corrected chi connectivity index (χ1v) is 6.79. The molecule has 0 aliphatic heterocycles. The second-order valence-electron chi connectivity index (χ2n) is 4.92. The van der Waals surface area contributed by atoms with E-state index in [-0.39, 0.29) is 11.7 Å². The van der Waals surface area contributed by atoms with Crippen LogP contribution in [0.5, 0.6) is 5.75 Å². The summed E-state index contributed by atoms with van der Waals surface area (Å²) in [6.45, 7) is 0. The summed E-state index contributed by atoms with van der Waals surface area (Å²) in [6, 6.07) is 5.07. The monoisotopic (exact) mass is 299 g/mol. The van der Waals surface area contributed by atoms with Gasteiger partial charge in [0.15, 0.2) is 0 Å². The van der Waals surface area contributed by atoms with Crippen molar-refractivity contribution in [3.8, 4) is 5.75 Å². The summed E-state index contributed by atoms with van der Waals surface area (Å²) in [5.41, 5.74) is 1.55. The molecule has 0 atom stereocenters. The number of hydrogen-bond acceptors (Lipinski definition) is 2. The maximum Gasteiger partial charge on any atom is 0.573 e. The molecule has 0 bridgehead atoms. The van der Waals surface area contributed by atoms with Crippen molar-refractivity contribution in [3.05, 3.63) is 35.9 Å². The summed E-state index contributed by atoms with van der Waals surface area (Å²) in [7, 11) is 0. The lowest BCUT2D eigenvalue weighted by Crippen LogP contribution is -2.17. The molecule has 21 heavy (non-hydrogen) atoms. The zero-order chi connectivity index (χ0) is 15.3. The highest BCUT2D eigenvalue weighted by Gasteiger charge is 2.30. The Kier molecular flexibility index (Phi) is 4.88. The molecule has 0 aromatic heterocycles. The summed E-state index contributed by atoms with van der Waals surface area (Å²) >= 11 is 0. The third-order valence-electron chi connectivity index (χ3n) is 3.19. The second-order valence-corrected chi connectivity index (χ2v) is 4.92. The molecule has 1 aromatic rings. The van der Waals surface area contributed by atoms with Gasteiger partial charge >= 0.3 is 6.36 Å². The molecule has 0 spiro atoms. The van der Waals surface area contributed by atoms with Crippen LogP contribution in [0.1, 0.15) is 32.1 Å². The van der Waals surface area contributed by atoms with Crippen molar-refractivity contribution in [2.24, 2.45) is 0 Å². The zero-order valence-corrected chi connectivity index (χ0v) is 11.4. The minimum atomic E-state index is -4.71. The smallest absolute Gasteiger partial charge is 0.406 e. The topological polar surface area (TPSA) is 38.3 Å². The van der Waals surface area contributed by atoms with Crippen LogP contribution in [0.15, 0.2) is 35.9 Å². The maximum atomic E-state index is 12.0. The second kappa shape index (κ2) is 6.65. The van der Waals surface area contributed by atoms with Gasteiger partial charge in [-0.05, 0) is 49.9 Å². The summed E-state index contributed by atoms with van der Waals surface area (Å²) in [6.07, 6.45) is 2.14. The molecule has 1 fully saturated rings. The van der Waals surface area contributed by atoms with Crippen LogP contribution in [0.3, 0.4) is 0 Å². The first-order chi connectivity index (χ1) is 9.92. The highest BCUT2D eigenvalue weighted by atomic mass is 19.4. The number of benzene rings is 1. The van der Waals surface area contributed by atoms with Crippen LogP contribution in [0.2, 0.25) is 0 Å². The van der Waals surface area contributed by atoms with E-state index in [1.54, 1.807) is 6.08 Å².